The minimum Gasteiger partial charge on any atom is -0.489 e. The van der Waals surface area contributed by atoms with E-state index in [1.807, 2.05) is 49.4 Å². The zero-order chi connectivity index (χ0) is 12.3. The van der Waals surface area contributed by atoms with E-state index in [1.54, 1.807) is 0 Å². The van der Waals surface area contributed by atoms with Crippen molar-refractivity contribution in [1.82, 2.24) is 0 Å². The van der Waals surface area contributed by atoms with Crippen LogP contribution in [0.4, 0.5) is 0 Å². The first-order valence-corrected chi connectivity index (χ1v) is 6.45. The maximum absolute atomic E-state index is 5.88. The molecule has 0 spiro atoms. The van der Waals surface area contributed by atoms with Crippen molar-refractivity contribution < 1.29 is 4.74 Å². The van der Waals surface area contributed by atoms with E-state index in [-0.39, 0.29) is 0 Å². The van der Waals surface area contributed by atoms with Crippen LogP contribution in [0.1, 0.15) is 11.1 Å². The van der Waals surface area contributed by atoms with Crippen molar-refractivity contribution in [2.75, 3.05) is 0 Å². The maximum Gasteiger partial charge on any atom is 0.120 e. The Bertz CT molecular complexity index is 525. The Morgan fingerprint density at radius 1 is 1.18 bits per heavy atom. The highest BCUT2D eigenvalue weighted by Gasteiger charge is 2.02. The van der Waals surface area contributed by atoms with Gasteiger partial charge in [-0.25, -0.2) is 0 Å². The predicted molar refractivity (Wildman–Crippen MR) is 74.7 cm³/mol. The molecule has 0 atom stereocenters. The van der Waals surface area contributed by atoms with Crippen LogP contribution in [0.25, 0.3) is 0 Å². The van der Waals surface area contributed by atoms with Gasteiger partial charge in [-0.1, -0.05) is 45.7 Å². The average Bonchev–Trinajstić information content (AvgIpc) is 2.28. The van der Waals surface area contributed by atoms with Crippen LogP contribution in [0.2, 0.25) is 5.02 Å². The summed E-state index contributed by atoms with van der Waals surface area (Å²) < 4.78 is 6.69. The molecule has 0 unspecified atom stereocenters. The third-order valence-electron chi connectivity index (χ3n) is 2.40. The molecule has 0 radical (unpaired) electrons. The van der Waals surface area contributed by atoms with Gasteiger partial charge in [0.2, 0.25) is 0 Å². The van der Waals surface area contributed by atoms with Crippen molar-refractivity contribution in [3.63, 3.8) is 0 Å². The van der Waals surface area contributed by atoms with Crippen molar-refractivity contribution in [3.05, 3.63) is 63.1 Å². The summed E-state index contributed by atoms with van der Waals surface area (Å²) in [6.07, 6.45) is 0. The van der Waals surface area contributed by atoms with Crippen LogP contribution in [0.3, 0.4) is 0 Å². The molecule has 0 bridgehead atoms. The molecule has 0 aliphatic heterocycles. The van der Waals surface area contributed by atoms with Crippen molar-refractivity contribution in [2.24, 2.45) is 0 Å². The summed E-state index contributed by atoms with van der Waals surface area (Å²) in [5.41, 5.74) is 2.27. The summed E-state index contributed by atoms with van der Waals surface area (Å²) in [5.74, 6) is 0.881. The Hall–Kier alpha value is -0.990. The topological polar surface area (TPSA) is 9.23 Å². The molecule has 88 valence electrons. The van der Waals surface area contributed by atoms with Gasteiger partial charge in [0.05, 0.1) is 0 Å². The molecule has 0 amide bonds. The molecule has 2 rings (SSSR count). The molecule has 0 fully saturated rings. The van der Waals surface area contributed by atoms with Gasteiger partial charge < -0.3 is 4.74 Å². The Morgan fingerprint density at radius 2 is 2.00 bits per heavy atom. The number of hydrogen-bond acceptors (Lipinski definition) is 1. The fraction of sp³-hybridized carbons (Fsp3) is 0.143. The normalized spacial score (nSPS) is 10.3. The quantitative estimate of drug-likeness (QED) is 0.776. The molecule has 3 heteroatoms. The predicted octanol–water partition coefficient (Wildman–Crippen LogP) is 4.99. The van der Waals surface area contributed by atoms with E-state index in [4.69, 9.17) is 16.3 Å². The lowest BCUT2D eigenvalue weighted by Crippen LogP contribution is -1.96. The molecular weight excluding hydrogens is 300 g/mol. The monoisotopic (exact) mass is 310 g/mol. The molecule has 0 aliphatic rings. The van der Waals surface area contributed by atoms with Gasteiger partial charge in [-0.3, -0.25) is 0 Å². The van der Waals surface area contributed by atoms with Gasteiger partial charge in [-0.2, -0.15) is 0 Å². The highest BCUT2D eigenvalue weighted by molar-refractivity contribution is 9.10. The summed E-state index contributed by atoms with van der Waals surface area (Å²) in [6, 6.07) is 13.7. The number of ether oxygens (including phenoxy) is 1. The highest BCUT2D eigenvalue weighted by atomic mass is 79.9. The van der Waals surface area contributed by atoms with Crippen LogP contribution >= 0.6 is 27.5 Å². The molecule has 0 aliphatic carbocycles. The molecule has 0 N–H and O–H groups in total. The van der Waals surface area contributed by atoms with Crippen LogP contribution in [0, 0.1) is 6.92 Å². The molecule has 2 aromatic rings. The van der Waals surface area contributed by atoms with Crippen LogP contribution in [-0.4, -0.2) is 0 Å². The first-order chi connectivity index (χ1) is 8.15. The molecule has 0 saturated carbocycles. The third kappa shape index (κ3) is 3.48. The number of hydrogen-bond donors (Lipinski definition) is 0. The van der Waals surface area contributed by atoms with Crippen molar-refractivity contribution in [2.45, 2.75) is 13.5 Å². The highest BCUT2D eigenvalue weighted by Crippen LogP contribution is 2.23. The second kappa shape index (κ2) is 5.56. The fourth-order valence-corrected chi connectivity index (χ4v) is 2.30. The smallest absolute Gasteiger partial charge is 0.120 e. The largest absolute Gasteiger partial charge is 0.489 e. The SMILES string of the molecule is Cc1cccc(OCc2ccc(Cl)cc2Br)c1. The zero-order valence-corrected chi connectivity index (χ0v) is 11.8. The van der Waals surface area contributed by atoms with E-state index in [9.17, 15) is 0 Å². The Kier molecular flexibility index (Phi) is 4.08. The summed E-state index contributed by atoms with van der Waals surface area (Å²) in [7, 11) is 0. The number of rotatable bonds is 3. The standard InChI is InChI=1S/C14H12BrClO/c1-10-3-2-4-13(7-10)17-9-11-5-6-12(16)8-14(11)15/h2-8H,9H2,1H3. The van der Waals surface area contributed by atoms with Crippen LogP contribution < -0.4 is 4.74 Å². The van der Waals surface area contributed by atoms with Crippen molar-refractivity contribution in [3.8, 4) is 5.75 Å². The maximum atomic E-state index is 5.88. The van der Waals surface area contributed by atoms with E-state index in [1.165, 1.54) is 5.56 Å². The lowest BCUT2D eigenvalue weighted by molar-refractivity contribution is 0.305. The van der Waals surface area contributed by atoms with Gasteiger partial charge in [0.25, 0.3) is 0 Å². The third-order valence-corrected chi connectivity index (χ3v) is 3.37. The van der Waals surface area contributed by atoms with Gasteiger partial charge in [0.15, 0.2) is 0 Å². The van der Waals surface area contributed by atoms with Crippen LogP contribution in [-0.2, 0) is 6.61 Å². The molecular formula is C14H12BrClO. The number of aryl methyl sites for hydroxylation is 1. The van der Waals surface area contributed by atoms with Gasteiger partial charge in [-0.05, 0) is 36.8 Å². The second-order valence-electron chi connectivity index (χ2n) is 3.84. The van der Waals surface area contributed by atoms with Crippen LogP contribution in [0.5, 0.6) is 5.75 Å². The first kappa shape index (κ1) is 12.5. The lowest BCUT2D eigenvalue weighted by Gasteiger charge is -2.08. The number of halogens is 2. The minimum absolute atomic E-state index is 0.529. The van der Waals surface area contributed by atoms with E-state index in [2.05, 4.69) is 15.9 Å². The summed E-state index contributed by atoms with van der Waals surface area (Å²) in [6.45, 7) is 2.58. The molecule has 17 heavy (non-hydrogen) atoms. The van der Waals surface area contributed by atoms with Crippen molar-refractivity contribution >= 4 is 27.5 Å². The van der Waals surface area contributed by atoms with Gasteiger partial charge >= 0.3 is 0 Å². The van der Waals surface area contributed by atoms with Gasteiger partial charge in [-0.15, -0.1) is 0 Å². The molecule has 1 nitrogen and oxygen atoms in total. The van der Waals surface area contributed by atoms with Gasteiger partial charge in [0, 0.05) is 15.1 Å². The van der Waals surface area contributed by atoms with E-state index >= 15 is 0 Å². The minimum atomic E-state index is 0.529. The molecule has 0 aromatic heterocycles. The fourth-order valence-electron chi connectivity index (χ4n) is 1.50. The van der Waals surface area contributed by atoms with E-state index < -0.39 is 0 Å². The average molecular weight is 312 g/mol. The summed E-state index contributed by atoms with van der Waals surface area (Å²) in [5, 5.41) is 0.719. The first-order valence-electron chi connectivity index (χ1n) is 5.28. The van der Waals surface area contributed by atoms with Crippen molar-refractivity contribution in [1.29, 1.82) is 0 Å². The Balaban J connectivity index is 2.07. The van der Waals surface area contributed by atoms with E-state index in [0.29, 0.717) is 6.61 Å². The summed E-state index contributed by atoms with van der Waals surface area (Å²) in [4.78, 5) is 0. The molecule has 2 aromatic carbocycles. The molecule has 0 heterocycles. The van der Waals surface area contributed by atoms with Gasteiger partial charge in [0.1, 0.15) is 12.4 Å². The number of benzene rings is 2. The summed E-state index contributed by atoms with van der Waals surface area (Å²) >= 11 is 9.35. The Morgan fingerprint density at radius 3 is 2.71 bits per heavy atom. The second-order valence-corrected chi connectivity index (χ2v) is 5.13. The van der Waals surface area contributed by atoms with E-state index in [0.717, 1.165) is 20.8 Å². The lowest BCUT2D eigenvalue weighted by atomic mass is 10.2. The Labute approximate surface area is 115 Å². The van der Waals surface area contributed by atoms with Crippen LogP contribution in [0.15, 0.2) is 46.9 Å². The molecule has 0 saturated heterocycles. The zero-order valence-electron chi connectivity index (χ0n) is 9.41.